The van der Waals surface area contributed by atoms with E-state index in [-0.39, 0.29) is 18.5 Å². The first-order valence-corrected chi connectivity index (χ1v) is 24.3. The summed E-state index contributed by atoms with van der Waals surface area (Å²) in [4.78, 5) is 24.4. The molecule has 328 valence electrons. The molecule has 6 heteroatoms. The molecule has 0 radical (unpaired) electrons. The molecule has 0 fully saturated rings. The molecule has 0 aromatic carbocycles. The van der Waals surface area contributed by atoms with Gasteiger partial charge in [0.15, 0.2) is 0 Å². The minimum absolute atomic E-state index is 0.0397. The Bertz CT molecular complexity index is 915. The Kier molecular flexibility index (Phi) is 44.2. The topological polar surface area (TPSA) is 95.9 Å². The van der Waals surface area contributed by atoms with Gasteiger partial charge in [-0.25, -0.2) is 0 Å². The fraction of sp³-hybridized carbons (Fsp3) is 0.840. The number of aliphatic hydroxyl groups excluding tert-OH is 2. The molecule has 0 bridgehead atoms. The number of aliphatic hydroxyl groups is 2. The summed E-state index contributed by atoms with van der Waals surface area (Å²) in [5, 5.41) is 22.9. The first-order valence-electron chi connectivity index (χ1n) is 24.3. The van der Waals surface area contributed by atoms with Gasteiger partial charge in [0.2, 0.25) is 5.91 Å². The number of carbonyl (C=O) groups excluding carboxylic acids is 2. The molecular formula is C50H93NO5. The predicted molar refractivity (Wildman–Crippen MR) is 241 cm³/mol. The third-order valence-electron chi connectivity index (χ3n) is 10.9. The number of rotatable bonds is 44. The lowest BCUT2D eigenvalue weighted by atomic mass is 10.1. The molecule has 0 aliphatic heterocycles. The van der Waals surface area contributed by atoms with Crippen LogP contribution in [0.5, 0.6) is 0 Å². The van der Waals surface area contributed by atoms with Crippen molar-refractivity contribution in [2.75, 3.05) is 13.2 Å². The Balaban J connectivity index is 3.54. The fourth-order valence-corrected chi connectivity index (χ4v) is 7.10. The Labute approximate surface area is 347 Å². The van der Waals surface area contributed by atoms with Gasteiger partial charge in [0, 0.05) is 12.8 Å². The van der Waals surface area contributed by atoms with E-state index in [1.54, 1.807) is 6.08 Å². The Hall–Kier alpha value is -1.92. The minimum atomic E-state index is -0.874. The standard InChI is InChI=1S/C50H93NO5/c1-3-5-7-9-11-13-15-16-17-18-19-20-21-22-24-28-32-36-40-44-50(55)56-45-41-37-33-29-25-27-31-35-39-43-49(54)51-47(46-52)48(53)42-38-34-30-26-23-14-12-10-8-6-4-2/h16-17,27,31,38,42,47-48,52-53H,3-15,18-26,28-30,32-37,39-41,43-46H2,1-2H3,(H,51,54)/b17-16-,31-27-,42-38+. The van der Waals surface area contributed by atoms with Gasteiger partial charge in [0.25, 0.3) is 0 Å². The second-order valence-corrected chi connectivity index (χ2v) is 16.4. The van der Waals surface area contributed by atoms with Crippen LogP contribution in [0.15, 0.2) is 36.5 Å². The molecule has 0 rings (SSSR count). The van der Waals surface area contributed by atoms with E-state index in [1.807, 2.05) is 6.08 Å². The first kappa shape index (κ1) is 54.1. The van der Waals surface area contributed by atoms with Gasteiger partial charge in [0.05, 0.1) is 25.4 Å². The zero-order chi connectivity index (χ0) is 40.8. The normalized spacial score (nSPS) is 13.0. The van der Waals surface area contributed by atoms with Crippen LogP contribution in [0, 0.1) is 0 Å². The molecule has 0 heterocycles. The van der Waals surface area contributed by atoms with E-state index in [4.69, 9.17) is 4.74 Å². The van der Waals surface area contributed by atoms with Crippen molar-refractivity contribution in [2.45, 2.75) is 257 Å². The van der Waals surface area contributed by atoms with Crippen molar-refractivity contribution in [3.63, 3.8) is 0 Å². The van der Waals surface area contributed by atoms with Crippen molar-refractivity contribution in [1.82, 2.24) is 5.32 Å². The quantitative estimate of drug-likeness (QED) is 0.0325. The van der Waals surface area contributed by atoms with E-state index in [2.05, 4.69) is 43.5 Å². The molecule has 0 saturated heterocycles. The van der Waals surface area contributed by atoms with Gasteiger partial charge in [-0.05, 0) is 77.0 Å². The van der Waals surface area contributed by atoms with Gasteiger partial charge in [0.1, 0.15) is 0 Å². The van der Waals surface area contributed by atoms with Crippen LogP contribution in [0.3, 0.4) is 0 Å². The molecule has 2 unspecified atom stereocenters. The molecule has 0 aromatic heterocycles. The van der Waals surface area contributed by atoms with Crippen molar-refractivity contribution >= 4 is 11.9 Å². The van der Waals surface area contributed by atoms with E-state index in [9.17, 15) is 19.8 Å². The number of carbonyl (C=O) groups is 2. The Morgan fingerprint density at radius 1 is 0.482 bits per heavy atom. The molecule has 56 heavy (non-hydrogen) atoms. The summed E-state index contributed by atoms with van der Waals surface area (Å²) in [7, 11) is 0. The first-order chi connectivity index (χ1) is 27.5. The van der Waals surface area contributed by atoms with Crippen LogP contribution in [0.4, 0.5) is 0 Å². The molecule has 2 atom stereocenters. The number of amides is 1. The number of esters is 1. The van der Waals surface area contributed by atoms with Gasteiger partial charge in [-0.3, -0.25) is 9.59 Å². The Morgan fingerprint density at radius 2 is 0.857 bits per heavy atom. The molecule has 0 aliphatic carbocycles. The van der Waals surface area contributed by atoms with Crippen molar-refractivity contribution in [2.24, 2.45) is 0 Å². The highest BCUT2D eigenvalue weighted by molar-refractivity contribution is 5.76. The highest BCUT2D eigenvalue weighted by atomic mass is 16.5. The minimum Gasteiger partial charge on any atom is -0.466 e. The number of unbranched alkanes of at least 4 members (excludes halogenated alkanes) is 29. The van der Waals surface area contributed by atoms with Crippen molar-refractivity contribution in [3.8, 4) is 0 Å². The summed E-state index contributed by atoms with van der Waals surface area (Å²) in [5.74, 6) is -0.171. The fourth-order valence-electron chi connectivity index (χ4n) is 7.10. The van der Waals surface area contributed by atoms with Crippen LogP contribution in [0.2, 0.25) is 0 Å². The monoisotopic (exact) mass is 788 g/mol. The van der Waals surface area contributed by atoms with Crippen LogP contribution in [0.25, 0.3) is 0 Å². The zero-order valence-electron chi connectivity index (χ0n) is 37.1. The van der Waals surface area contributed by atoms with E-state index in [0.29, 0.717) is 19.4 Å². The van der Waals surface area contributed by atoms with Crippen LogP contribution in [-0.2, 0) is 14.3 Å². The van der Waals surface area contributed by atoms with Gasteiger partial charge < -0.3 is 20.3 Å². The van der Waals surface area contributed by atoms with Crippen LogP contribution in [-0.4, -0.2) is 47.4 Å². The summed E-state index contributed by atoms with van der Waals surface area (Å²) < 4.78 is 5.44. The van der Waals surface area contributed by atoms with Crippen LogP contribution in [0.1, 0.15) is 245 Å². The van der Waals surface area contributed by atoms with Gasteiger partial charge in [-0.1, -0.05) is 192 Å². The number of hydrogen-bond donors (Lipinski definition) is 3. The van der Waals surface area contributed by atoms with E-state index >= 15 is 0 Å². The molecule has 0 saturated carbocycles. The molecular weight excluding hydrogens is 695 g/mol. The molecule has 1 amide bonds. The number of allylic oxidation sites excluding steroid dienone is 5. The summed E-state index contributed by atoms with van der Waals surface area (Å²) in [6.07, 6.45) is 54.3. The lowest BCUT2D eigenvalue weighted by Gasteiger charge is -2.19. The van der Waals surface area contributed by atoms with Crippen molar-refractivity contribution in [1.29, 1.82) is 0 Å². The lowest BCUT2D eigenvalue weighted by Crippen LogP contribution is -2.45. The van der Waals surface area contributed by atoms with Gasteiger partial charge in [-0.2, -0.15) is 0 Å². The smallest absolute Gasteiger partial charge is 0.305 e. The molecule has 3 N–H and O–H groups in total. The largest absolute Gasteiger partial charge is 0.466 e. The van der Waals surface area contributed by atoms with Crippen molar-refractivity contribution in [3.05, 3.63) is 36.5 Å². The Morgan fingerprint density at radius 3 is 1.30 bits per heavy atom. The van der Waals surface area contributed by atoms with E-state index in [1.165, 1.54) is 148 Å². The molecule has 6 nitrogen and oxygen atoms in total. The SMILES string of the molecule is CCCCCCCC/C=C\CCCCCCCCCCCC(=O)OCCCCCC/C=C\CCCC(=O)NC(CO)C(O)/C=C/CCCCCCCCCCC. The van der Waals surface area contributed by atoms with Gasteiger partial charge >= 0.3 is 5.97 Å². The number of nitrogens with one attached hydrogen (secondary N) is 1. The summed E-state index contributed by atoms with van der Waals surface area (Å²) in [6, 6.07) is -0.664. The van der Waals surface area contributed by atoms with Crippen LogP contribution < -0.4 is 5.32 Å². The van der Waals surface area contributed by atoms with Crippen LogP contribution >= 0.6 is 0 Å². The third-order valence-corrected chi connectivity index (χ3v) is 10.9. The highest BCUT2D eigenvalue weighted by Gasteiger charge is 2.17. The maximum atomic E-state index is 12.3. The van der Waals surface area contributed by atoms with E-state index < -0.39 is 12.1 Å². The summed E-state index contributed by atoms with van der Waals surface area (Å²) in [5.41, 5.74) is 0. The number of ether oxygens (including phenoxy) is 1. The second kappa shape index (κ2) is 45.8. The summed E-state index contributed by atoms with van der Waals surface area (Å²) in [6.45, 7) is 4.78. The van der Waals surface area contributed by atoms with Gasteiger partial charge in [-0.15, -0.1) is 0 Å². The van der Waals surface area contributed by atoms with E-state index in [0.717, 1.165) is 70.6 Å². The van der Waals surface area contributed by atoms with Crippen molar-refractivity contribution < 1.29 is 24.5 Å². The zero-order valence-corrected chi connectivity index (χ0v) is 37.1. The maximum absolute atomic E-state index is 12.3. The average Bonchev–Trinajstić information content (AvgIpc) is 3.20. The second-order valence-electron chi connectivity index (χ2n) is 16.4. The molecule has 0 spiro atoms. The molecule has 0 aliphatic rings. The summed E-state index contributed by atoms with van der Waals surface area (Å²) >= 11 is 0. The lowest BCUT2D eigenvalue weighted by molar-refractivity contribution is -0.143. The highest BCUT2D eigenvalue weighted by Crippen LogP contribution is 2.14. The predicted octanol–water partition coefficient (Wildman–Crippen LogP) is 14.1. The average molecular weight is 788 g/mol. The number of hydrogen-bond acceptors (Lipinski definition) is 5. The third kappa shape index (κ3) is 41.7. The maximum Gasteiger partial charge on any atom is 0.305 e. The molecule has 0 aromatic rings.